The van der Waals surface area contributed by atoms with Crippen LogP contribution in [-0.4, -0.2) is 34.3 Å². The summed E-state index contributed by atoms with van der Waals surface area (Å²) in [5.41, 5.74) is 0.460. The van der Waals surface area contributed by atoms with Crippen molar-refractivity contribution in [3.8, 4) is 0 Å². The molecule has 1 aliphatic rings. The lowest BCUT2D eigenvalue weighted by Crippen LogP contribution is -2.37. The highest BCUT2D eigenvalue weighted by molar-refractivity contribution is 7.80. The highest BCUT2D eigenvalue weighted by atomic mass is 32.1. The molecule has 4 heteroatoms. The van der Waals surface area contributed by atoms with E-state index in [0.29, 0.717) is 17.9 Å². The Balaban J connectivity index is 2.72. The van der Waals surface area contributed by atoms with E-state index in [-0.39, 0.29) is 17.7 Å². The summed E-state index contributed by atoms with van der Waals surface area (Å²) in [6.07, 6.45) is 1.68. The minimum atomic E-state index is -0.237. The first-order valence-corrected chi connectivity index (χ1v) is 5.18. The van der Waals surface area contributed by atoms with Crippen molar-refractivity contribution in [1.82, 2.24) is 4.90 Å². The highest BCUT2D eigenvalue weighted by Crippen LogP contribution is 2.23. The number of nitrogens with zero attached hydrogens (tertiary/aromatic N) is 1. The van der Waals surface area contributed by atoms with E-state index in [4.69, 9.17) is 0 Å². The molecule has 0 aromatic rings. The molecule has 0 saturated carbocycles. The van der Waals surface area contributed by atoms with Crippen molar-refractivity contribution in [1.29, 1.82) is 0 Å². The van der Waals surface area contributed by atoms with Crippen molar-refractivity contribution in [2.45, 2.75) is 18.9 Å². The molecule has 14 heavy (non-hydrogen) atoms. The molecule has 1 amide bonds. The summed E-state index contributed by atoms with van der Waals surface area (Å²) in [7, 11) is 0. The van der Waals surface area contributed by atoms with Crippen LogP contribution in [0.25, 0.3) is 0 Å². The van der Waals surface area contributed by atoms with E-state index in [0.717, 1.165) is 12.8 Å². The Bertz CT molecular complexity index is 275. The van der Waals surface area contributed by atoms with Gasteiger partial charge in [-0.2, -0.15) is 12.6 Å². The third-order valence-electron chi connectivity index (χ3n) is 2.39. The van der Waals surface area contributed by atoms with Gasteiger partial charge in [-0.3, -0.25) is 4.79 Å². The number of carbonyl (C=O) groups excluding carboxylic acids is 1. The summed E-state index contributed by atoms with van der Waals surface area (Å²) in [6.45, 7) is 7.76. The van der Waals surface area contributed by atoms with E-state index >= 15 is 0 Å². The van der Waals surface area contributed by atoms with Crippen LogP contribution in [-0.2, 0) is 4.79 Å². The van der Waals surface area contributed by atoms with Gasteiger partial charge in [0.15, 0.2) is 0 Å². The normalized spacial score (nSPS) is 20.9. The minimum absolute atomic E-state index is 0.0582. The van der Waals surface area contributed by atoms with Crippen LogP contribution in [0, 0.1) is 0 Å². The molecule has 0 aromatic carbocycles. The smallest absolute Gasteiger partial charge is 0.250 e. The summed E-state index contributed by atoms with van der Waals surface area (Å²) in [5, 5.41) is 9.29. The monoisotopic (exact) mass is 213 g/mol. The number of thiol groups is 1. The molecular formula is C10H15NO2S. The van der Waals surface area contributed by atoms with Gasteiger partial charge >= 0.3 is 0 Å². The van der Waals surface area contributed by atoms with Gasteiger partial charge in [0.25, 0.3) is 5.91 Å². The number of hydrogen-bond acceptors (Lipinski definition) is 3. The molecule has 0 aliphatic carbocycles. The first-order chi connectivity index (χ1) is 6.57. The number of hydrogen-bond donors (Lipinski definition) is 2. The zero-order valence-corrected chi connectivity index (χ0v) is 8.96. The third kappa shape index (κ3) is 2.12. The van der Waals surface area contributed by atoms with Crippen LogP contribution in [0.4, 0.5) is 0 Å². The fraction of sp³-hybridized carbons (Fsp3) is 0.500. The van der Waals surface area contributed by atoms with E-state index in [1.807, 2.05) is 0 Å². The van der Waals surface area contributed by atoms with Gasteiger partial charge in [0, 0.05) is 17.9 Å². The SMILES string of the molecule is C=C(CS)C(=O)N1CCCC1C(=C)O. The molecular weight excluding hydrogens is 198 g/mol. The summed E-state index contributed by atoms with van der Waals surface area (Å²) < 4.78 is 0. The average Bonchev–Trinajstić information content (AvgIpc) is 2.63. The molecule has 3 nitrogen and oxygen atoms in total. The van der Waals surface area contributed by atoms with E-state index in [2.05, 4.69) is 25.8 Å². The maximum atomic E-state index is 11.7. The number of aliphatic hydroxyl groups is 1. The zero-order chi connectivity index (χ0) is 10.7. The number of rotatable bonds is 3. The summed E-state index contributed by atoms with van der Waals surface area (Å²) in [5.74, 6) is 0.278. The van der Waals surface area contributed by atoms with E-state index in [9.17, 15) is 9.90 Å². The first kappa shape index (κ1) is 11.2. The van der Waals surface area contributed by atoms with Crippen molar-refractivity contribution in [2.75, 3.05) is 12.3 Å². The van der Waals surface area contributed by atoms with Gasteiger partial charge in [-0.15, -0.1) is 0 Å². The van der Waals surface area contributed by atoms with Crippen LogP contribution in [0.15, 0.2) is 24.5 Å². The Morgan fingerprint density at radius 2 is 2.21 bits per heavy atom. The second kappa shape index (κ2) is 4.55. The molecule has 1 atom stereocenters. The van der Waals surface area contributed by atoms with Gasteiger partial charge in [0.05, 0.1) is 6.04 Å². The second-order valence-corrected chi connectivity index (χ2v) is 3.73. The number of carbonyl (C=O) groups is 1. The molecule has 1 saturated heterocycles. The maximum absolute atomic E-state index is 11.7. The molecule has 1 fully saturated rings. The molecule has 0 radical (unpaired) electrons. The molecule has 0 bridgehead atoms. The molecule has 1 N–H and O–H groups in total. The summed E-state index contributed by atoms with van der Waals surface area (Å²) in [6, 6.07) is -0.237. The van der Waals surface area contributed by atoms with Gasteiger partial charge in [-0.1, -0.05) is 13.2 Å². The van der Waals surface area contributed by atoms with E-state index in [1.54, 1.807) is 4.90 Å². The molecule has 1 aliphatic heterocycles. The Hall–Kier alpha value is -0.900. The van der Waals surface area contributed by atoms with Gasteiger partial charge in [0.2, 0.25) is 0 Å². The third-order valence-corrected chi connectivity index (χ3v) is 2.77. The summed E-state index contributed by atoms with van der Waals surface area (Å²) >= 11 is 4.00. The van der Waals surface area contributed by atoms with Crippen LogP contribution in [0.2, 0.25) is 0 Å². The lowest BCUT2D eigenvalue weighted by atomic mass is 10.2. The van der Waals surface area contributed by atoms with Crippen LogP contribution in [0.5, 0.6) is 0 Å². The van der Waals surface area contributed by atoms with Crippen molar-refractivity contribution < 1.29 is 9.90 Å². The molecule has 78 valence electrons. The van der Waals surface area contributed by atoms with Crippen LogP contribution in [0.3, 0.4) is 0 Å². The average molecular weight is 213 g/mol. The van der Waals surface area contributed by atoms with Crippen molar-refractivity contribution in [3.05, 3.63) is 24.5 Å². The quantitative estimate of drug-likeness (QED) is 0.424. The standard InChI is InChI=1S/C10H15NO2S/c1-7(6-14)10(13)11-5-3-4-9(11)8(2)12/h9,12,14H,1-6H2. The Kier molecular flexibility index (Phi) is 3.63. The van der Waals surface area contributed by atoms with Gasteiger partial charge in [0.1, 0.15) is 5.76 Å². The second-order valence-electron chi connectivity index (χ2n) is 3.41. The molecule has 0 spiro atoms. The highest BCUT2D eigenvalue weighted by Gasteiger charge is 2.31. The van der Waals surface area contributed by atoms with Gasteiger partial charge < -0.3 is 10.0 Å². The van der Waals surface area contributed by atoms with E-state index < -0.39 is 0 Å². The number of aliphatic hydroxyl groups excluding tert-OH is 1. The maximum Gasteiger partial charge on any atom is 0.250 e. The van der Waals surface area contributed by atoms with Crippen molar-refractivity contribution in [2.24, 2.45) is 0 Å². The molecule has 1 heterocycles. The fourth-order valence-corrected chi connectivity index (χ4v) is 1.76. The predicted octanol–water partition coefficient (Wildman–Crippen LogP) is 1.54. The lowest BCUT2D eigenvalue weighted by molar-refractivity contribution is -0.127. The fourth-order valence-electron chi connectivity index (χ4n) is 1.63. The van der Waals surface area contributed by atoms with Crippen LogP contribution < -0.4 is 0 Å². The summed E-state index contributed by atoms with van der Waals surface area (Å²) in [4.78, 5) is 13.3. The van der Waals surface area contributed by atoms with Crippen molar-refractivity contribution >= 4 is 18.5 Å². The molecule has 1 unspecified atom stereocenters. The zero-order valence-electron chi connectivity index (χ0n) is 8.07. The van der Waals surface area contributed by atoms with Gasteiger partial charge in [-0.05, 0) is 12.8 Å². The molecule has 1 rings (SSSR count). The predicted molar refractivity (Wildman–Crippen MR) is 59.5 cm³/mol. The first-order valence-electron chi connectivity index (χ1n) is 4.55. The van der Waals surface area contributed by atoms with E-state index in [1.165, 1.54) is 0 Å². The topological polar surface area (TPSA) is 40.5 Å². The van der Waals surface area contributed by atoms with Crippen molar-refractivity contribution in [3.63, 3.8) is 0 Å². The minimum Gasteiger partial charge on any atom is -0.511 e. The largest absolute Gasteiger partial charge is 0.511 e. The van der Waals surface area contributed by atoms with Gasteiger partial charge in [-0.25, -0.2) is 0 Å². The Morgan fingerprint density at radius 1 is 1.57 bits per heavy atom. The van der Waals surface area contributed by atoms with Crippen LogP contribution >= 0.6 is 12.6 Å². The number of amides is 1. The van der Waals surface area contributed by atoms with Crippen LogP contribution in [0.1, 0.15) is 12.8 Å². The number of likely N-dealkylation sites (tertiary alicyclic amines) is 1. The Labute approximate surface area is 89.5 Å². The molecule has 0 aromatic heterocycles. The Morgan fingerprint density at radius 3 is 2.71 bits per heavy atom. The lowest BCUT2D eigenvalue weighted by Gasteiger charge is -2.24.